The molecule has 0 aromatic rings. The number of rotatable bonds is 7. The van der Waals surface area contributed by atoms with Crippen molar-refractivity contribution in [2.75, 3.05) is 0 Å². The summed E-state index contributed by atoms with van der Waals surface area (Å²) in [6.45, 7) is 5.27. The molecule has 0 saturated heterocycles. The fraction of sp³-hybridized carbons (Fsp3) is 0.545. The van der Waals surface area contributed by atoms with Gasteiger partial charge >= 0.3 is 5.97 Å². The first-order valence-electron chi connectivity index (χ1n) is 4.69. The first-order chi connectivity index (χ1) is 6.18. The van der Waals surface area contributed by atoms with Crippen molar-refractivity contribution in [2.45, 2.75) is 39.0 Å². The summed E-state index contributed by atoms with van der Waals surface area (Å²) in [7, 11) is 0. The summed E-state index contributed by atoms with van der Waals surface area (Å²) in [5.74, 6) is -0.814. The highest BCUT2D eigenvalue weighted by molar-refractivity contribution is 5.85. The molecule has 0 aliphatic carbocycles. The maximum Gasteiger partial charge on any atom is 0.330 e. The molecule has 0 rings (SSSR count). The van der Waals surface area contributed by atoms with E-state index < -0.39 is 5.97 Å². The molecule has 0 bridgehead atoms. The first-order valence-corrected chi connectivity index (χ1v) is 4.69. The predicted octanol–water partition coefficient (Wildman–Crippen LogP) is 3.15. The Balaban J connectivity index is 3.39. The number of allylic oxidation sites excluding steroid dienone is 2. The molecule has 0 unspecified atom stereocenters. The van der Waals surface area contributed by atoms with Crippen molar-refractivity contribution in [3.63, 3.8) is 0 Å². The minimum absolute atomic E-state index is 0.448. The number of carboxylic acids is 1. The average Bonchev–Trinajstić information content (AvgIpc) is 2.10. The zero-order valence-corrected chi connectivity index (χ0v) is 8.25. The van der Waals surface area contributed by atoms with Crippen LogP contribution in [0.15, 0.2) is 24.3 Å². The van der Waals surface area contributed by atoms with Gasteiger partial charge in [-0.25, -0.2) is 4.79 Å². The van der Waals surface area contributed by atoms with E-state index in [0.717, 1.165) is 32.1 Å². The maximum atomic E-state index is 10.4. The summed E-state index contributed by atoms with van der Waals surface area (Å²) in [5.41, 5.74) is 0.448. The van der Waals surface area contributed by atoms with Gasteiger partial charge in [-0.2, -0.15) is 0 Å². The van der Waals surface area contributed by atoms with Crippen LogP contribution in [0.4, 0.5) is 0 Å². The molecule has 0 aromatic heterocycles. The third kappa shape index (κ3) is 7.32. The molecular weight excluding hydrogens is 164 g/mol. The lowest BCUT2D eigenvalue weighted by Gasteiger charge is -1.96. The minimum atomic E-state index is -0.814. The van der Waals surface area contributed by atoms with Crippen molar-refractivity contribution in [3.8, 4) is 0 Å². The molecule has 0 spiro atoms. The summed E-state index contributed by atoms with van der Waals surface area (Å²) in [5, 5.41) is 8.54. The quantitative estimate of drug-likeness (QED) is 0.373. The van der Waals surface area contributed by atoms with Crippen LogP contribution in [0.2, 0.25) is 0 Å². The van der Waals surface area contributed by atoms with Crippen molar-refractivity contribution in [2.24, 2.45) is 0 Å². The second kappa shape index (κ2) is 7.59. The number of unbranched alkanes of at least 4 members (excludes halogenated alkanes) is 4. The number of hydrogen-bond acceptors (Lipinski definition) is 1. The summed E-state index contributed by atoms with van der Waals surface area (Å²) in [6, 6.07) is 0. The van der Waals surface area contributed by atoms with Gasteiger partial charge in [-0.15, -0.1) is 6.58 Å². The molecule has 0 heterocycles. The van der Waals surface area contributed by atoms with E-state index in [-0.39, 0.29) is 0 Å². The Morgan fingerprint density at radius 2 is 1.92 bits per heavy atom. The van der Waals surface area contributed by atoms with Crippen molar-refractivity contribution < 1.29 is 9.90 Å². The Kier molecular flexibility index (Phi) is 6.98. The van der Waals surface area contributed by atoms with Crippen LogP contribution in [-0.4, -0.2) is 11.1 Å². The van der Waals surface area contributed by atoms with E-state index in [0.29, 0.717) is 5.57 Å². The number of hydrogen-bond donors (Lipinski definition) is 1. The van der Waals surface area contributed by atoms with E-state index in [4.69, 9.17) is 5.11 Å². The summed E-state index contributed by atoms with van der Waals surface area (Å²) < 4.78 is 0. The average molecular weight is 182 g/mol. The monoisotopic (exact) mass is 182 g/mol. The normalized spacial score (nSPS) is 11.3. The van der Waals surface area contributed by atoms with E-state index >= 15 is 0 Å². The van der Waals surface area contributed by atoms with Crippen molar-refractivity contribution in [1.29, 1.82) is 0 Å². The maximum absolute atomic E-state index is 10.4. The highest BCUT2D eigenvalue weighted by Crippen LogP contribution is 2.05. The molecule has 0 fully saturated rings. The third-order valence-electron chi connectivity index (χ3n) is 1.90. The number of carbonyl (C=O) groups is 1. The van der Waals surface area contributed by atoms with Crippen LogP contribution >= 0.6 is 0 Å². The van der Waals surface area contributed by atoms with Crippen LogP contribution in [-0.2, 0) is 4.79 Å². The smallest absolute Gasteiger partial charge is 0.330 e. The minimum Gasteiger partial charge on any atom is -0.478 e. The predicted molar refractivity (Wildman–Crippen MR) is 54.7 cm³/mol. The van der Waals surface area contributed by atoms with Crippen LogP contribution in [0.25, 0.3) is 0 Å². The lowest BCUT2D eigenvalue weighted by atomic mass is 10.1. The fourth-order valence-electron chi connectivity index (χ4n) is 1.02. The molecule has 0 aliphatic rings. The second-order valence-corrected chi connectivity index (χ2v) is 3.12. The van der Waals surface area contributed by atoms with E-state index in [2.05, 4.69) is 6.58 Å². The summed E-state index contributed by atoms with van der Waals surface area (Å²) in [6.07, 6.45) is 9.00. The van der Waals surface area contributed by atoms with Gasteiger partial charge in [0.15, 0.2) is 0 Å². The Labute approximate surface area is 80.0 Å². The Bertz CT molecular complexity index is 192. The standard InChI is InChI=1S/C11H18O2/c1-3-4-5-6-7-8-9-10(2)11(12)13/h3,9H,1,4-8H2,2H3,(H,12,13). The molecule has 0 radical (unpaired) electrons. The van der Waals surface area contributed by atoms with Gasteiger partial charge in [0.05, 0.1) is 0 Å². The molecule has 74 valence electrons. The van der Waals surface area contributed by atoms with Crippen molar-refractivity contribution in [1.82, 2.24) is 0 Å². The first kappa shape index (κ1) is 11.9. The van der Waals surface area contributed by atoms with Gasteiger partial charge in [-0.05, 0) is 32.6 Å². The lowest BCUT2D eigenvalue weighted by Crippen LogP contribution is -1.95. The molecule has 0 atom stereocenters. The Morgan fingerprint density at radius 1 is 1.31 bits per heavy atom. The Hall–Kier alpha value is -1.05. The van der Waals surface area contributed by atoms with Gasteiger partial charge in [-0.3, -0.25) is 0 Å². The van der Waals surface area contributed by atoms with Gasteiger partial charge in [-0.1, -0.05) is 18.6 Å². The van der Waals surface area contributed by atoms with Crippen LogP contribution in [0.3, 0.4) is 0 Å². The second-order valence-electron chi connectivity index (χ2n) is 3.12. The molecule has 0 saturated carbocycles. The summed E-state index contributed by atoms with van der Waals surface area (Å²) >= 11 is 0. The highest BCUT2D eigenvalue weighted by Gasteiger charge is 1.97. The third-order valence-corrected chi connectivity index (χ3v) is 1.90. The fourth-order valence-corrected chi connectivity index (χ4v) is 1.02. The molecule has 2 nitrogen and oxygen atoms in total. The van der Waals surface area contributed by atoms with E-state index in [1.54, 1.807) is 13.0 Å². The SMILES string of the molecule is C=CCCCCCC=C(C)C(=O)O. The van der Waals surface area contributed by atoms with E-state index in [1.807, 2.05) is 6.08 Å². The lowest BCUT2D eigenvalue weighted by molar-refractivity contribution is -0.132. The van der Waals surface area contributed by atoms with Gasteiger partial charge in [0.1, 0.15) is 0 Å². The van der Waals surface area contributed by atoms with Gasteiger partial charge in [0.2, 0.25) is 0 Å². The van der Waals surface area contributed by atoms with Crippen LogP contribution in [0.1, 0.15) is 39.0 Å². The van der Waals surface area contributed by atoms with Crippen LogP contribution < -0.4 is 0 Å². The molecular formula is C11H18O2. The Morgan fingerprint density at radius 3 is 2.46 bits per heavy atom. The summed E-state index contributed by atoms with van der Waals surface area (Å²) in [4.78, 5) is 10.4. The van der Waals surface area contributed by atoms with Crippen molar-refractivity contribution in [3.05, 3.63) is 24.3 Å². The zero-order valence-electron chi connectivity index (χ0n) is 8.25. The molecule has 0 aliphatic heterocycles. The van der Waals surface area contributed by atoms with Gasteiger partial charge in [0, 0.05) is 5.57 Å². The molecule has 0 amide bonds. The molecule has 0 aromatic carbocycles. The number of aliphatic carboxylic acids is 1. The zero-order chi connectivity index (χ0) is 10.1. The highest BCUT2D eigenvalue weighted by atomic mass is 16.4. The molecule has 2 heteroatoms. The number of carboxylic acid groups (broad SMARTS) is 1. The molecule has 1 N–H and O–H groups in total. The van der Waals surface area contributed by atoms with Crippen LogP contribution in [0.5, 0.6) is 0 Å². The van der Waals surface area contributed by atoms with Gasteiger partial charge in [0.25, 0.3) is 0 Å². The topological polar surface area (TPSA) is 37.3 Å². The molecule has 13 heavy (non-hydrogen) atoms. The van der Waals surface area contributed by atoms with E-state index in [1.165, 1.54) is 0 Å². The largest absolute Gasteiger partial charge is 0.478 e. The van der Waals surface area contributed by atoms with Crippen LogP contribution in [0, 0.1) is 0 Å². The van der Waals surface area contributed by atoms with E-state index in [9.17, 15) is 4.79 Å². The van der Waals surface area contributed by atoms with Crippen molar-refractivity contribution >= 4 is 5.97 Å². The van der Waals surface area contributed by atoms with Gasteiger partial charge < -0.3 is 5.11 Å².